The molecule has 3 N–H and O–H groups in total. The van der Waals surface area contributed by atoms with Crippen LogP contribution in [0.5, 0.6) is 0 Å². The van der Waals surface area contributed by atoms with E-state index in [1.807, 2.05) is 0 Å². The van der Waals surface area contributed by atoms with Crippen molar-refractivity contribution < 1.29 is 9.72 Å². The molecule has 0 spiro atoms. The third-order valence-electron chi connectivity index (χ3n) is 4.11. The molecule has 10 heteroatoms. The van der Waals surface area contributed by atoms with Crippen LogP contribution < -0.4 is 11.3 Å². The number of anilines is 1. The van der Waals surface area contributed by atoms with E-state index in [1.54, 1.807) is 26.0 Å². The zero-order chi connectivity index (χ0) is 19.7. The molecule has 3 rings (SSSR count). The summed E-state index contributed by atoms with van der Waals surface area (Å²) in [6.07, 6.45) is 1.03. The van der Waals surface area contributed by atoms with E-state index in [9.17, 15) is 19.7 Å². The third-order valence-corrected chi connectivity index (χ3v) is 4.11. The van der Waals surface area contributed by atoms with Gasteiger partial charge in [-0.2, -0.15) is 4.98 Å². The zero-order valence-electron chi connectivity index (χ0n) is 14.8. The van der Waals surface area contributed by atoms with Crippen molar-refractivity contribution >= 4 is 28.7 Å². The van der Waals surface area contributed by atoms with Gasteiger partial charge in [0.25, 0.3) is 11.2 Å². The average molecular weight is 370 g/mol. The molecule has 27 heavy (non-hydrogen) atoms. The molecule has 10 nitrogen and oxygen atoms in total. The number of hydrogen-bond donors (Lipinski definition) is 2. The van der Waals surface area contributed by atoms with Gasteiger partial charge in [-0.15, -0.1) is 0 Å². The van der Waals surface area contributed by atoms with Crippen LogP contribution >= 0.6 is 0 Å². The fourth-order valence-electron chi connectivity index (χ4n) is 2.65. The van der Waals surface area contributed by atoms with Crippen LogP contribution in [0, 0.1) is 16.0 Å². The average Bonchev–Trinajstić information content (AvgIpc) is 3.03. The van der Waals surface area contributed by atoms with E-state index in [0.29, 0.717) is 18.7 Å². The number of benzene rings is 1. The van der Waals surface area contributed by atoms with Crippen LogP contribution in [0.15, 0.2) is 29.1 Å². The number of aromatic amines is 1. The monoisotopic (exact) mass is 370 g/mol. The SMILES string of the molecule is CC(C)C(=O)n1c(N)nc2[nH]c(CCc3ccc([N+](=O)[O-])cc3)nc2c1=O. The zero-order valence-corrected chi connectivity index (χ0v) is 14.8. The van der Waals surface area contributed by atoms with Gasteiger partial charge >= 0.3 is 0 Å². The lowest BCUT2D eigenvalue weighted by molar-refractivity contribution is -0.384. The summed E-state index contributed by atoms with van der Waals surface area (Å²) >= 11 is 0. The number of aryl methyl sites for hydroxylation is 2. The molecule has 0 aliphatic carbocycles. The summed E-state index contributed by atoms with van der Waals surface area (Å²) in [5, 5.41) is 10.7. The van der Waals surface area contributed by atoms with Gasteiger partial charge in [-0.05, 0) is 12.0 Å². The minimum atomic E-state index is -0.603. The first-order chi connectivity index (χ1) is 12.8. The molecule has 0 saturated heterocycles. The lowest BCUT2D eigenvalue weighted by Crippen LogP contribution is -2.32. The first kappa shape index (κ1) is 18.2. The summed E-state index contributed by atoms with van der Waals surface area (Å²) in [5.41, 5.74) is 6.36. The Morgan fingerprint density at radius 1 is 1.26 bits per heavy atom. The Kier molecular flexibility index (Phi) is 4.72. The number of aromatic nitrogens is 4. The standard InChI is InChI=1S/C17H18N6O4/c1-9(2)15(24)22-16(25)13-14(21-17(22)18)20-12(19-13)8-5-10-3-6-11(7-4-10)23(26)27/h3-4,6-7,9H,5,8H2,1-2H3,(H2,18,21)(H,19,20). The molecule has 140 valence electrons. The van der Waals surface area contributed by atoms with Crippen molar-refractivity contribution in [2.45, 2.75) is 26.7 Å². The number of nitro groups is 1. The van der Waals surface area contributed by atoms with E-state index >= 15 is 0 Å². The quantitative estimate of drug-likeness (QED) is 0.512. The van der Waals surface area contributed by atoms with Gasteiger partial charge in [0.15, 0.2) is 11.2 Å². The van der Waals surface area contributed by atoms with Gasteiger partial charge in [-0.3, -0.25) is 19.7 Å². The molecule has 0 saturated carbocycles. The Morgan fingerprint density at radius 2 is 1.93 bits per heavy atom. The van der Waals surface area contributed by atoms with Gasteiger partial charge in [0.1, 0.15) is 5.82 Å². The molecule has 0 bridgehead atoms. The Bertz CT molecular complexity index is 1080. The Morgan fingerprint density at radius 3 is 2.52 bits per heavy atom. The second-order valence-corrected chi connectivity index (χ2v) is 6.41. The third kappa shape index (κ3) is 3.54. The van der Waals surface area contributed by atoms with E-state index in [4.69, 9.17) is 5.73 Å². The van der Waals surface area contributed by atoms with E-state index in [0.717, 1.165) is 10.1 Å². The highest BCUT2D eigenvalue weighted by Gasteiger charge is 2.20. The van der Waals surface area contributed by atoms with Crippen LogP contribution in [0.25, 0.3) is 11.2 Å². The molecular formula is C17H18N6O4. The highest BCUT2D eigenvalue weighted by Crippen LogP contribution is 2.14. The lowest BCUT2D eigenvalue weighted by atomic mass is 10.1. The summed E-state index contributed by atoms with van der Waals surface area (Å²) < 4.78 is 0.841. The minimum absolute atomic E-state index is 0.0255. The van der Waals surface area contributed by atoms with Crippen molar-refractivity contribution in [1.29, 1.82) is 0 Å². The minimum Gasteiger partial charge on any atom is -0.369 e. The van der Waals surface area contributed by atoms with Crippen molar-refractivity contribution in [1.82, 2.24) is 19.5 Å². The predicted octanol–water partition coefficient (Wildman–Crippen LogP) is 1.69. The molecular weight excluding hydrogens is 352 g/mol. The summed E-state index contributed by atoms with van der Waals surface area (Å²) in [7, 11) is 0. The van der Waals surface area contributed by atoms with Crippen molar-refractivity contribution in [3.05, 3.63) is 56.1 Å². The molecule has 0 fully saturated rings. The second-order valence-electron chi connectivity index (χ2n) is 6.41. The van der Waals surface area contributed by atoms with E-state index in [-0.39, 0.29) is 22.8 Å². The van der Waals surface area contributed by atoms with Crippen molar-refractivity contribution in [3.63, 3.8) is 0 Å². The van der Waals surface area contributed by atoms with Crippen LogP contribution in [0.2, 0.25) is 0 Å². The molecule has 0 radical (unpaired) electrons. The number of imidazole rings is 1. The van der Waals surface area contributed by atoms with Gasteiger partial charge in [-0.1, -0.05) is 26.0 Å². The van der Waals surface area contributed by atoms with Crippen LogP contribution in [0.3, 0.4) is 0 Å². The molecule has 0 atom stereocenters. The number of H-pyrrole nitrogens is 1. The number of nitro benzene ring substituents is 1. The molecule has 2 heterocycles. The van der Waals surface area contributed by atoms with E-state index in [1.165, 1.54) is 12.1 Å². The van der Waals surface area contributed by atoms with Crippen LogP contribution in [0.1, 0.15) is 30.0 Å². The maximum atomic E-state index is 12.6. The summed E-state index contributed by atoms with van der Waals surface area (Å²) in [6, 6.07) is 6.22. The molecule has 0 amide bonds. The van der Waals surface area contributed by atoms with Gasteiger partial charge in [-0.25, -0.2) is 9.55 Å². The second kappa shape index (κ2) is 6.98. The maximum absolute atomic E-state index is 12.6. The predicted molar refractivity (Wildman–Crippen MR) is 98.5 cm³/mol. The number of fused-ring (bicyclic) bond motifs is 1. The number of nitrogens with two attached hydrogens (primary N) is 1. The van der Waals surface area contributed by atoms with Gasteiger partial charge in [0.2, 0.25) is 11.9 Å². The van der Waals surface area contributed by atoms with Gasteiger partial charge < -0.3 is 10.7 Å². The fraction of sp³-hybridized carbons (Fsp3) is 0.294. The first-order valence-electron chi connectivity index (χ1n) is 8.32. The lowest BCUT2D eigenvalue weighted by Gasteiger charge is -2.08. The Balaban J connectivity index is 1.86. The van der Waals surface area contributed by atoms with Gasteiger partial charge in [0.05, 0.1) is 4.92 Å². The van der Waals surface area contributed by atoms with Crippen molar-refractivity contribution in [2.75, 3.05) is 5.73 Å². The van der Waals surface area contributed by atoms with Crippen LogP contribution in [-0.2, 0) is 12.8 Å². The highest BCUT2D eigenvalue weighted by molar-refractivity contribution is 5.85. The molecule has 0 unspecified atom stereocenters. The fourth-order valence-corrected chi connectivity index (χ4v) is 2.65. The van der Waals surface area contributed by atoms with Gasteiger partial charge in [0, 0.05) is 24.5 Å². The maximum Gasteiger partial charge on any atom is 0.289 e. The number of carbonyl (C=O) groups excluding carboxylic acids is 1. The van der Waals surface area contributed by atoms with E-state index < -0.39 is 22.3 Å². The first-order valence-corrected chi connectivity index (χ1v) is 8.32. The van der Waals surface area contributed by atoms with Crippen molar-refractivity contribution in [3.8, 4) is 0 Å². The molecule has 1 aromatic carbocycles. The Hall–Kier alpha value is -3.56. The van der Waals surface area contributed by atoms with Crippen molar-refractivity contribution in [2.24, 2.45) is 5.92 Å². The van der Waals surface area contributed by atoms with E-state index in [2.05, 4.69) is 15.0 Å². The largest absolute Gasteiger partial charge is 0.369 e. The summed E-state index contributed by atoms with van der Waals surface area (Å²) in [4.78, 5) is 46.2. The number of nitrogen functional groups attached to an aromatic ring is 1. The molecule has 3 aromatic rings. The normalized spacial score (nSPS) is 11.2. The highest BCUT2D eigenvalue weighted by atomic mass is 16.6. The molecule has 0 aliphatic rings. The topological polar surface area (TPSA) is 150 Å². The number of carbonyl (C=O) groups is 1. The van der Waals surface area contributed by atoms with Crippen LogP contribution in [0.4, 0.5) is 11.6 Å². The number of rotatable bonds is 5. The number of nitrogens with one attached hydrogen (secondary N) is 1. The smallest absolute Gasteiger partial charge is 0.289 e. The number of hydrogen-bond acceptors (Lipinski definition) is 7. The number of nitrogens with zero attached hydrogens (tertiary/aromatic N) is 4. The Labute approximate surface area is 153 Å². The summed E-state index contributed by atoms with van der Waals surface area (Å²) in [6.45, 7) is 3.33. The number of non-ortho nitro benzene ring substituents is 1. The summed E-state index contributed by atoms with van der Waals surface area (Å²) in [5.74, 6) is -0.522. The molecule has 2 aromatic heterocycles. The molecule has 0 aliphatic heterocycles. The van der Waals surface area contributed by atoms with Crippen LogP contribution in [-0.4, -0.2) is 30.3 Å².